The molecule has 0 bridgehead atoms. The van der Waals surface area contributed by atoms with E-state index < -0.39 is 0 Å². The Kier molecular flexibility index (Phi) is 6.82. The highest BCUT2D eigenvalue weighted by Crippen LogP contribution is 2.26. The number of amides is 2. The molecular weight excluding hydrogens is 318 g/mol. The molecule has 2 amide bonds. The second-order valence-corrected chi connectivity index (χ2v) is 6.99. The van der Waals surface area contributed by atoms with Crippen LogP contribution in [0.15, 0.2) is 18.2 Å². The van der Waals surface area contributed by atoms with E-state index in [-0.39, 0.29) is 11.8 Å². The van der Waals surface area contributed by atoms with E-state index in [4.69, 9.17) is 4.74 Å². The van der Waals surface area contributed by atoms with Crippen molar-refractivity contribution in [2.24, 2.45) is 5.92 Å². The second-order valence-electron chi connectivity index (χ2n) is 6.99. The molecule has 1 N–H and O–H groups in total. The second kappa shape index (κ2) is 8.85. The topological polar surface area (TPSA) is 61.9 Å². The third-order valence-electron chi connectivity index (χ3n) is 4.46. The summed E-state index contributed by atoms with van der Waals surface area (Å²) in [5.74, 6) is 0.968. The number of ether oxygens (including phenoxy) is 1. The van der Waals surface area contributed by atoms with E-state index in [0.29, 0.717) is 29.3 Å². The minimum absolute atomic E-state index is 0.00608. The summed E-state index contributed by atoms with van der Waals surface area (Å²) < 4.78 is 5.32. The van der Waals surface area contributed by atoms with Gasteiger partial charge in [-0.1, -0.05) is 13.8 Å². The molecule has 1 aliphatic rings. The maximum absolute atomic E-state index is 12.7. The lowest BCUT2D eigenvalue weighted by Crippen LogP contribution is -2.47. The van der Waals surface area contributed by atoms with E-state index in [2.05, 4.69) is 31.1 Å². The fraction of sp³-hybridized carbons (Fsp3) is 0.579. The highest BCUT2D eigenvalue weighted by molar-refractivity contribution is 5.98. The third kappa shape index (κ3) is 5.46. The molecule has 1 fully saturated rings. The van der Waals surface area contributed by atoms with Crippen molar-refractivity contribution in [2.75, 3.05) is 45.7 Å². The fourth-order valence-electron chi connectivity index (χ4n) is 2.76. The molecule has 0 radical (unpaired) electrons. The Hall–Kier alpha value is -2.08. The molecular formula is C19H29N3O3. The van der Waals surface area contributed by atoms with E-state index in [1.54, 1.807) is 25.3 Å². The predicted octanol–water partition coefficient (Wildman–Crippen LogP) is 2.46. The first-order chi connectivity index (χ1) is 11.9. The van der Waals surface area contributed by atoms with Gasteiger partial charge in [0.2, 0.25) is 5.91 Å². The fourth-order valence-corrected chi connectivity index (χ4v) is 2.76. The minimum atomic E-state index is -0.0591. The molecule has 2 rings (SSSR count). The Labute approximate surface area is 150 Å². The van der Waals surface area contributed by atoms with Gasteiger partial charge in [-0.25, -0.2) is 0 Å². The number of nitrogens with zero attached hydrogens (tertiary/aromatic N) is 2. The number of likely N-dealkylation sites (N-methyl/N-ethyl adjacent to an activating group) is 1. The molecule has 0 saturated carbocycles. The van der Waals surface area contributed by atoms with Crippen molar-refractivity contribution in [3.63, 3.8) is 0 Å². The van der Waals surface area contributed by atoms with Crippen LogP contribution < -0.4 is 10.1 Å². The van der Waals surface area contributed by atoms with Crippen molar-refractivity contribution in [2.45, 2.75) is 26.7 Å². The summed E-state index contributed by atoms with van der Waals surface area (Å²) in [4.78, 5) is 28.9. The molecule has 6 heteroatoms. The first-order valence-electron chi connectivity index (χ1n) is 8.86. The van der Waals surface area contributed by atoms with Crippen LogP contribution in [-0.2, 0) is 4.79 Å². The summed E-state index contributed by atoms with van der Waals surface area (Å²) in [5, 5.41) is 2.88. The molecule has 1 aliphatic heterocycles. The van der Waals surface area contributed by atoms with Crippen LogP contribution in [0.4, 0.5) is 5.69 Å². The first-order valence-corrected chi connectivity index (χ1v) is 8.86. The Morgan fingerprint density at radius 3 is 2.48 bits per heavy atom. The summed E-state index contributed by atoms with van der Waals surface area (Å²) in [5.41, 5.74) is 1.13. The van der Waals surface area contributed by atoms with Crippen LogP contribution in [0, 0.1) is 5.92 Å². The summed E-state index contributed by atoms with van der Waals surface area (Å²) in [6, 6.07) is 5.21. The third-order valence-corrected chi connectivity index (χ3v) is 4.46. The quantitative estimate of drug-likeness (QED) is 0.859. The van der Waals surface area contributed by atoms with Crippen molar-refractivity contribution in [3.8, 4) is 5.75 Å². The Morgan fingerprint density at radius 1 is 1.20 bits per heavy atom. The van der Waals surface area contributed by atoms with Gasteiger partial charge in [-0.05, 0) is 37.6 Å². The molecule has 1 heterocycles. The molecule has 138 valence electrons. The van der Waals surface area contributed by atoms with Gasteiger partial charge >= 0.3 is 0 Å². The zero-order valence-electron chi connectivity index (χ0n) is 15.7. The lowest BCUT2D eigenvalue weighted by atomic mass is 10.1. The van der Waals surface area contributed by atoms with Gasteiger partial charge in [-0.15, -0.1) is 0 Å². The van der Waals surface area contributed by atoms with Crippen molar-refractivity contribution in [3.05, 3.63) is 23.8 Å². The average molecular weight is 347 g/mol. The summed E-state index contributed by atoms with van der Waals surface area (Å²) in [6.45, 7) is 7.36. The summed E-state index contributed by atoms with van der Waals surface area (Å²) in [7, 11) is 3.61. The van der Waals surface area contributed by atoms with Crippen LogP contribution in [0.5, 0.6) is 5.75 Å². The molecule has 1 saturated heterocycles. The standard InChI is InChI=1S/C19H29N3O3/c1-14(2)5-8-18(23)20-16-13-15(6-7-17(16)25-4)19(24)22-11-9-21(3)10-12-22/h6-7,13-14H,5,8-12H2,1-4H3,(H,20,23). The highest BCUT2D eigenvalue weighted by atomic mass is 16.5. The number of methoxy groups -OCH3 is 1. The van der Waals surface area contributed by atoms with E-state index in [9.17, 15) is 9.59 Å². The first kappa shape index (κ1) is 19.2. The maximum atomic E-state index is 12.7. The zero-order chi connectivity index (χ0) is 18.4. The van der Waals surface area contributed by atoms with Gasteiger partial charge in [0.1, 0.15) is 5.75 Å². The number of carbonyl (C=O) groups is 2. The normalized spacial score (nSPS) is 15.3. The van der Waals surface area contributed by atoms with E-state index in [0.717, 1.165) is 32.6 Å². The van der Waals surface area contributed by atoms with Crippen molar-refractivity contribution in [1.29, 1.82) is 0 Å². The average Bonchev–Trinajstić information content (AvgIpc) is 2.60. The summed E-state index contributed by atoms with van der Waals surface area (Å²) in [6.07, 6.45) is 1.28. The Morgan fingerprint density at radius 2 is 1.88 bits per heavy atom. The number of rotatable bonds is 6. The lowest BCUT2D eigenvalue weighted by molar-refractivity contribution is -0.116. The Balaban J connectivity index is 2.10. The number of piperazine rings is 1. The zero-order valence-corrected chi connectivity index (χ0v) is 15.7. The minimum Gasteiger partial charge on any atom is -0.495 e. The van der Waals surface area contributed by atoms with Crippen molar-refractivity contribution >= 4 is 17.5 Å². The monoisotopic (exact) mass is 347 g/mol. The van der Waals surface area contributed by atoms with Crippen molar-refractivity contribution in [1.82, 2.24) is 9.80 Å². The van der Waals surface area contributed by atoms with Gasteiger partial charge in [-0.3, -0.25) is 9.59 Å². The number of anilines is 1. The molecule has 25 heavy (non-hydrogen) atoms. The van der Waals surface area contributed by atoms with Gasteiger partial charge in [0, 0.05) is 38.2 Å². The van der Waals surface area contributed by atoms with E-state index in [1.165, 1.54) is 0 Å². The van der Waals surface area contributed by atoms with Crippen LogP contribution >= 0.6 is 0 Å². The van der Waals surface area contributed by atoms with Crippen LogP contribution in [0.25, 0.3) is 0 Å². The van der Waals surface area contributed by atoms with Gasteiger partial charge in [0.25, 0.3) is 5.91 Å². The largest absolute Gasteiger partial charge is 0.495 e. The van der Waals surface area contributed by atoms with Crippen LogP contribution in [0.1, 0.15) is 37.0 Å². The maximum Gasteiger partial charge on any atom is 0.254 e. The molecule has 0 unspecified atom stereocenters. The smallest absolute Gasteiger partial charge is 0.254 e. The number of hydrogen-bond donors (Lipinski definition) is 1. The highest BCUT2D eigenvalue weighted by Gasteiger charge is 2.21. The molecule has 0 aliphatic carbocycles. The van der Waals surface area contributed by atoms with Gasteiger partial charge in [0.05, 0.1) is 12.8 Å². The van der Waals surface area contributed by atoms with E-state index >= 15 is 0 Å². The van der Waals surface area contributed by atoms with Gasteiger partial charge < -0.3 is 19.9 Å². The molecule has 0 spiro atoms. The Bertz CT molecular complexity index is 608. The van der Waals surface area contributed by atoms with E-state index in [1.807, 2.05) is 4.90 Å². The molecule has 0 atom stereocenters. The van der Waals surface area contributed by atoms with Crippen molar-refractivity contribution < 1.29 is 14.3 Å². The van der Waals surface area contributed by atoms with Gasteiger partial charge in [-0.2, -0.15) is 0 Å². The molecule has 0 aromatic heterocycles. The number of hydrogen-bond acceptors (Lipinski definition) is 4. The van der Waals surface area contributed by atoms with Crippen LogP contribution in [0.2, 0.25) is 0 Å². The molecule has 1 aromatic rings. The molecule has 1 aromatic carbocycles. The summed E-state index contributed by atoms with van der Waals surface area (Å²) >= 11 is 0. The van der Waals surface area contributed by atoms with Gasteiger partial charge in [0.15, 0.2) is 0 Å². The molecule has 6 nitrogen and oxygen atoms in total. The SMILES string of the molecule is COc1ccc(C(=O)N2CCN(C)CC2)cc1NC(=O)CCC(C)C. The number of nitrogens with one attached hydrogen (secondary N) is 1. The number of carbonyl (C=O) groups excluding carboxylic acids is 2. The number of benzene rings is 1. The van der Waals surface area contributed by atoms with Crippen LogP contribution in [0.3, 0.4) is 0 Å². The predicted molar refractivity (Wildman–Crippen MR) is 99.1 cm³/mol. The van der Waals surface area contributed by atoms with Crippen LogP contribution in [-0.4, -0.2) is 62.0 Å². The lowest BCUT2D eigenvalue weighted by Gasteiger charge is -2.32.